The lowest BCUT2D eigenvalue weighted by Gasteiger charge is -2.30. The van der Waals surface area contributed by atoms with Crippen LogP contribution in [0.1, 0.15) is 97.5 Å². The number of nitrogens with zero attached hydrogens (tertiary/aromatic N) is 2. The summed E-state index contributed by atoms with van der Waals surface area (Å²) in [6.45, 7) is 21.4. The van der Waals surface area contributed by atoms with E-state index in [1.165, 1.54) is 4.90 Å². The van der Waals surface area contributed by atoms with Crippen LogP contribution in [-0.2, 0) is 9.53 Å². The predicted molar refractivity (Wildman–Crippen MR) is 171 cm³/mol. The second-order valence-corrected chi connectivity index (χ2v) is 13.7. The standard InChI is InChI=1S/C33H56ClN3O4/c1-13-14-22(4)24(6)30(38)28(23(5)17-21(2)3)20-35-31(39)27-18-26(34)19-29(25(27)7)36(11)15-16-37(12)32(40)41-33(8,9)10/h18-19,21-24,28H,13-17,20H2,1-12H3,(H,35,39). The predicted octanol–water partition coefficient (Wildman–Crippen LogP) is 7.62. The zero-order chi connectivity index (χ0) is 31.7. The molecule has 1 N–H and O–H groups in total. The summed E-state index contributed by atoms with van der Waals surface area (Å²) in [6.07, 6.45) is 2.59. The van der Waals surface area contributed by atoms with Crippen molar-refractivity contribution in [2.45, 2.75) is 94.1 Å². The number of likely N-dealkylation sites (N-methyl/N-ethyl adjacent to an activating group) is 2. The molecule has 0 saturated heterocycles. The number of anilines is 1. The Balaban J connectivity index is 3.08. The van der Waals surface area contributed by atoms with Crippen LogP contribution in [0.4, 0.5) is 10.5 Å². The van der Waals surface area contributed by atoms with E-state index in [1.54, 1.807) is 13.1 Å². The van der Waals surface area contributed by atoms with Crippen LogP contribution in [0, 0.1) is 36.5 Å². The summed E-state index contributed by atoms with van der Waals surface area (Å²) in [5.41, 5.74) is 1.51. The molecule has 2 amide bonds. The van der Waals surface area contributed by atoms with E-state index in [-0.39, 0.29) is 35.5 Å². The highest BCUT2D eigenvalue weighted by Gasteiger charge is 2.32. The van der Waals surface area contributed by atoms with Crippen molar-refractivity contribution < 1.29 is 19.1 Å². The van der Waals surface area contributed by atoms with Gasteiger partial charge in [0, 0.05) is 61.8 Å². The fraction of sp³-hybridized carbons (Fsp3) is 0.727. The van der Waals surface area contributed by atoms with Gasteiger partial charge in [0.1, 0.15) is 11.4 Å². The normalized spacial score (nSPS) is 14.7. The summed E-state index contributed by atoms with van der Waals surface area (Å²) in [5.74, 6) is 0.606. The lowest BCUT2D eigenvalue weighted by Crippen LogP contribution is -2.40. The van der Waals surface area contributed by atoms with Gasteiger partial charge in [0.25, 0.3) is 5.91 Å². The lowest BCUT2D eigenvalue weighted by molar-refractivity contribution is -0.129. The first kappa shape index (κ1) is 36.7. The largest absolute Gasteiger partial charge is 0.444 e. The van der Waals surface area contributed by atoms with E-state index in [0.29, 0.717) is 42.1 Å². The number of halogens is 1. The van der Waals surface area contributed by atoms with E-state index in [9.17, 15) is 14.4 Å². The van der Waals surface area contributed by atoms with Gasteiger partial charge >= 0.3 is 6.09 Å². The van der Waals surface area contributed by atoms with Crippen LogP contribution in [0.25, 0.3) is 0 Å². The molecule has 1 aromatic rings. The molecule has 0 radical (unpaired) electrons. The van der Waals surface area contributed by atoms with E-state index < -0.39 is 5.60 Å². The van der Waals surface area contributed by atoms with Gasteiger partial charge in [-0.1, -0.05) is 66.0 Å². The molecular formula is C33H56ClN3O4. The summed E-state index contributed by atoms with van der Waals surface area (Å²) < 4.78 is 5.44. The molecule has 1 rings (SSSR count). The third-order valence-electron chi connectivity index (χ3n) is 7.90. The lowest BCUT2D eigenvalue weighted by atomic mass is 9.76. The number of carbonyl (C=O) groups excluding carboxylic acids is 3. The molecule has 0 bridgehead atoms. The Labute approximate surface area is 254 Å². The number of benzene rings is 1. The van der Waals surface area contributed by atoms with Gasteiger partial charge in [-0.3, -0.25) is 9.59 Å². The fourth-order valence-corrected chi connectivity index (χ4v) is 5.47. The highest BCUT2D eigenvalue weighted by Crippen LogP contribution is 2.30. The summed E-state index contributed by atoms with van der Waals surface area (Å²) >= 11 is 6.48. The molecule has 1 aromatic carbocycles. The second-order valence-electron chi connectivity index (χ2n) is 13.3. The zero-order valence-corrected chi connectivity index (χ0v) is 28.4. The SMILES string of the molecule is CCCC(C)C(C)C(=O)C(CNC(=O)c1cc(Cl)cc(N(C)CCN(C)C(=O)OC(C)(C)C)c1C)C(C)CC(C)C. The summed E-state index contributed by atoms with van der Waals surface area (Å²) in [7, 11) is 3.61. The van der Waals surface area contributed by atoms with E-state index in [2.05, 4.69) is 39.9 Å². The van der Waals surface area contributed by atoms with Gasteiger partial charge < -0.3 is 19.9 Å². The highest BCUT2D eigenvalue weighted by molar-refractivity contribution is 6.31. The Morgan fingerprint density at radius 2 is 1.61 bits per heavy atom. The molecule has 0 aliphatic carbocycles. The van der Waals surface area contributed by atoms with Gasteiger partial charge in [-0.05, 0) is 69.6 Å². The number of rotatable bonds is 15. The van der Waals surface area contributed by atoms with Crippen LogP contribution >= 0.6 is 11.6 Å². The summed E-state index contributed by atoms with van der Waals surface area (Å²) in [5, 5.41) is 3.52. The van der Waals surface area contributed by atoms with Gasteiger partial charge in [-0.2, -0.15) is 0 Å². The first-order valence-electron chi connectivity index (χ1n) is 15.2. The number of Topliss-reactive ketones (excluding diaryl/α,β-unsaturated/α-hetero) is 1. The molecule has 0 fully saturated rings. The van der Waals surface area contributed by atoms with E-state index >= 15 is 0 Å². The molecule has 0 heterocycles. The van der Waals surface area contributed by atoms with E-state index in [0.717, 1.165) is 30.5 Å². The molecule has 4 atom stereocenters. The fourth-order valence-electron chi connectivity index (χ4n) is 5.26. The van der Waals surface area contributed by atoms with Gasteiger partial charge in [0.2, 0.25) is 0 Å². The van der Waals surface area contributed by atoms with Gasteiger partial charge in [-0.15, -0.1) is 0 Å². The van der Waals surface area contributed by atoms with E-state index in [1.807, 2.05) is 52.6 Å². The maximum absolute atomic E-state index is 13.6. The number of nitrogens with one attached hydrogen (secondary N) is 1. The Hall–Kier alpha value is -2.28. The van der Waals surface area contributed by atoms with Crippen molar-refractivity contribution in [3.8, 4) is 0 Å². The van der Waals surface area contributed by atoms with Gasteiger partial charge in [-0.25, -0.2) is 4.79 Å². The minimum absolute atomic E-state index is 0.0570. The smallest absolute Gasteiger partial charge is 0.410 e. The molecular weight excluding hydrogens is 538 g/mol. The maximum Gasteiger partial charge on any atom is 0.410 e. The Bertz CT molecular complexity index is 1020. The zero-order valence-electron chi connectivity index (χ0n) is 27.7. The molecule has 0 spiro atoms. The molecule has 234 valence electrons. The third-order valence-corrected chi connectivity index (χ3v) is 8.12. The maximum atomic E-state index is 13.6. The first-order chi connectivity index (χ1) is 18.9. The number of hydrogen-bond acceptors (Lipinski definition) is 5. The first-order valence-corrected chi connectivity index (χ1v) is 15.5. The van der Waals surface area contributed by atoms with Crippen LogP contribution in [0.5, 0.6) is 0 Å². The second kappa shape index (κ2) is 16.4. The molecule has 4 unspecified atom stereocenters. The van der Waals surface area contributed by atoms with Crippen LogP contribution in [-0.4, -0.2) is 62.0 Å². The minimum Gasteiger partial charge on any atom is -0.444 e. The van der Waals surface area contributed by atoms with Crippen molar-refractivity contribution in [1.29, 1.82) is 0 Å². The Morgan fingerprint density at radius 3 is 2.15 bits per heavy atom. The third kappa shape index (κ3) is 11.9. The monoisotopic (exact) mass is 593 g/mol. The van der Waals surface area contributed by atoms with Crippen LogP contribution in [0.15, 0.2) is 12.1 Å². The van der Waals surface area contributed by atoms with Crippen molar-refractivity contribution in [3.63, 3.8) is 0 Å². The van der Waals surface area contributed by atoms with E-state index in [4.69, 9.17) is 16.3 Å². The summed E-state index contributed by atoms with van der Waals surface area (Å²) in [6, 6.07) is 3.51. The summed E-state index contributed by atoms with van der Waals surface area (Å²) in [4.78, 5) is 43.0. The van der Waals surface area contributed by atoms with Crippen molar-refractivity contribution in [1.82, 2.24) is 10.2 Å². The van der Waals surface area contributed by atoms with Crippen LogP contribution < -0.4 is 10.2 Å². The van der Waals surface area contributed by atoms with Crippen LogP contribution in [0.2, 0.25) is 5.02 Å². The van der Waals surface area contributed by atoms with Crippen LogP contribution in [0.3, 0.4) is 0 Å². The molecule has 0 saturated carbocycles. The molecule has 0 aliphatic heterocycles. The Kier molecular flexibility index (Phi) is 14.7. The quantitative estimate of drug-likeness (QED) is 0.226. The molecule has 8 heteroatoms. The Morgan fingerprint density at radius 1 is 1.00 bits per heavy atom. The van der Waals surface area contributed by atoms with Crippen molar-refractivity contribution in [2.75, 3.05) is 38.6 Å². The minimum atomic E-state index is -0.564. The van der Waals surface area contributed by atoms with Crippen molar-refractivity contribution >= 4 is 35.1 Å². The van der Waals surface area contributed by atoms with Gasteiger partial charge in [0.15, 0.2) is 0 Å². The van der Waals surface area contributed by atoms with Crippen molar-refractivity contribution in [3.05, 3.63) is 28.3 Å². The number of ether oxygens (including phenoxy) is 1. The van der Waals surface area contributed by atoms with Gasteiger partial charge in [0.05, 0.1) is 0 Å². The molecule has 0 aromatic heterocycles. The molecule has 41 heavy (non-hydrogen) atoms. The average Bonchev–Trinajstić information content (AvgIpc) is 2.86. The highest BCUT2D eigenvalue weighted by atomic mass is 35.5. The number of carbonyl (C=O) groups is 3. The number of hydrogen-bond donors (Lipinski definition) is 1. The average molecular weight is 594 g/mol. The molecule has 7 nitrogen and oxygen atoms in total. The topological polar surface area (TPSA) is 79.0 Å². The molecule has 0 aliphatic rings. The number of ketones is 1. The van der Waals surface area contributed by atoms with Crippen molar-refractivity contribution in [2.24, 2.45) is 29.6 Å². The number of amides is 2.